The number of furan rings is 1. The lowest BCUT2D eigenvalue weighted by Crippen LogP contribution is -2.55. The summed E-state index contributed by atoms with van der Waals surface area (Å²) in [5.74, 6) is 3.28. The second-order valence-electron chi connectivity index (χ2n) is 18.5. The molecule has 0 radical (unpaired) electrons. The molecule has 0 saturated heterocycles. The molecule has 57 heavy (non-hydrogen) atoms. The third-order valence-corrected chi connectivity index (χ3v) is 15.5. The summed E-state index contributed by atoms with van der Waals surface area (Å²) in [6.45, 7) is 4.78. The van der Waals surface area contributed by atoms with Crippen molar-refractivity contribution in [1.29, 1.82) is 0 Å². The largest absolute Gasteiger partial charge is 0.456 e. The van der Waals surface area contributed by atoms with Crippen molar-refractivity contribution in [3.8, 4) is 33.4 Å². The second kappa shape index (κ2) is 11.4. The van der Waals surface area contributed by atoms with Gasteiger partial charge in [-0.2, -0.15) is 0 Å². The van der Waals surface area contributed by atoms with E-state index in [1.54, 1.807) is 11.1 Å². The highest BCUT2D eigenvalue weighted by Crippen LogP contribution is 2.69. The van der Waals surface area contributed by atoms with Gasteiger partial charge in [-0.3, -0.25) is 0 Å². The molecule has 8 aromatic rings. The Labute approximate surface area is 334 Å². The van der Waals surface area contributed by atoms with Gasteiger partial charge in [0.15, 0.2) is 0 Å². The first-order valence-corrected chi connectivity index (χ1v) is 21.3. The quantitative estimate of drug-likeness (QED) is 0.179. The highest BCUT2D eigenvalue weighted by Gasteiger charge is 2.61. The maximum absolute atomic E-state index is 6.30. The minimum absolute atomic E-state index is 0.0865. The minimum Gasteiger partial charge on any atom is -0.456 e. The van der Waals surface area contributed by atoms with E-state index in [0.29, 0.717) is 0 Å². The maximum atomic E-state index is 6.30. The molecule has 1 aromatic heterocycles. The maximum Gasteiger partial charge on any atom is 0.136 e. The van der Waals surface area contributed by atoms with Crippen LogP contribution in [0.2, 0.25) is 0 Å². The fraction of sp³-hybridized carbons (Fsp3) is 0.236. The Hall–Kier alpha value is -5.86. The van der Waals surface area contributed by atoms with Gasteiger partial charge in [-0.1, -0.05) is 111 Å². The molecule has 0 atom stereocenters. The van der Waals surface area contributed by atoms with Gasteiger partial charge in [-0.15, -0.1) is 0 Å². The van der Waals surface area contributed by atoms with Crippen molar-refractivity contribution in [2.24, 2.45) is 23.7 Å². The summed E-state index contributed by atoms with van der Waals surface area (Å²) in [5.41, 5.74) is 19.5. The van der Waals surface area contributed by atoms with Gasteiger partial charge in [0.2, 0.25) is 0 Å². The molecule has 0 N–H and O–H groups in total. The molecule has 6 aliphatic rings. The summed E-state index contributed by atoms with van der Waals surface area (Å²) in [6, 6.07) is 57.4. The number of hydrogen-bond donors (Lipinski definition) is 0. The number of nitrogens with zero attached hydrogens (tertiary/aromatic N) is 1. The smallest absolute Gasteiger partial charge is 0.136 e. The zero-order valence-electron chi connectivity index (χ0n) is 32.6. The van der Waals surface area contributed by atoms with Crippen LogP contribution in [0.15, 0.2) is 156 Å². The summed E-state index contributed by atoms with van der Waals surface area (Å²) in [7, 11) is 0. The Morgan fingerprint density at radius 1 is 0.439 bits per heavy atom. The first-order chi connectivity index (χ1) is 27.9. The molecular formula is C55H45NO. The predicted molar refractivity (Wildman–Crippen MR) is 235 cm³/mol. The van der Waals surface area contributed by atoms with Crippen LogP contribution in [-0.2, 0) is 10.8 Å². The van der Waals surface area contributed by atoms with Crippen LogP contribution in [-0.4, -0.2) is 0 Å². The molecule has 0 amide bonds. The Morgan fingerprint density at radius 2 is 0.982 bits per heavy atom. The second-order valence-corrected chi connectivity index (χ2v) is 18.5. The molecule has 4 fully saturated rings. The van der Waals surface area contributed by atoms with Crippen LogP contribution >= 0.6 is 0 Å². The zero-order valence-corrected chi connectivity index (χ0v) is 32.6. The molecule has 14 rings (SSSR count). The lowest BCUT2D eigenvalue weighted by Gasteiger charge is -2.61. The standard InChI is InChI=1S/C55H45NO/c1-54(2)48-12-6-3-9-42(48)44-23-20-40(31-50(44)54)56(39-18-15-35(16-19-39)36-17-22-47-46-11-5-8-14-52(46)57-53(47)30-36)41-21-24-45-43-10-4-7-13-49(43)55(51(45)32-41)37-26-33-25-34(28-37)29-38(55)27-33/h3-24,30-34,37-38H,25-29H2,1-2H3. The first-order valence-electron chi connectivity index (χ1n) is 21.3. The summed E-state index contributed by atoms with van der Waals surface area (Å²) in [4.78, 5) is 2.54. The van der Waals surface area contributed by atoms with Crippen molar-refractivity contribution in [3.05, 3.63) is 174 Å². The highest BCUT2D eigenvalue weighted by atomic mass is 16.3. The van der Waals surface area contributed by atoms with Crippen molar-refractivity contribution in [2.75, 3.05) is 4.90 Å². The van der Waals surface area contributed by atoms with Crippen molar-refractivity contribution < 1.29 is 4.42 Å². The van der Waals surface area contributed by atoms with Crippen LogP contribution in [0.3, 0.4) is 0 Å². The molecule has 1 heterocycles. The van der Waals surface area contributed by atoms with Crippen LogP contribution in [0.25, 0.3) is 55.3 Å². The molecule has 2 nitrogen and oxygen atoms in total. The zero-order chi connectivity index (χ0) is 37.6. The number of anilines is 3. The van der Waals surface area contributed by atoms with Crippen molar-refractivity contribution in [3.63, 3.8) is 0 Å². The van der Waals surface area contributed by atoms with Crippen LogP contribution in [0.4, 0.5) is 17.1 Å². The average molecular weight is 736 g/mol. The molecule has 4 bridgehead atoms. The van der Waals surface area contributed by atoms with E-state index in [2.05, 4.69) is 164 Å². The normalized spacial score (nSPS) is 24.2. The summed E-state index contributed by atoms with van der Waals surface area (Å²) in [5, 5.41) is 2.33. The summed E-state index contributed by atoms with van der Waals surface area (Å²) in [6.07, 6.45) is 7.01. The van der Waals surface area contributed by atoms with Gasteiger partial charge in [0.1, 0.15) is 11.2 Å². The molecular weight excluding hydrogens is 691 g/mol. The van der Waals surface area contributed by atoms with Crippen molar-refractivity contribution in [2.45, 2.75) is 56.8 Å². The van der Waals surface area contributed by atoms with Gasteiger partial charge < -0.3 is 9.32 Å². The van der Waals surface area contributed by atoms with Crippen molar-refractivity contribution in [1.82, 2.24) is 0 Å². The number of rotatable bonds is 4. The Kier molecular flexibility index (Phi) is 6.44. The van der Waals surface area contributed by atoms with Gasteiger partial charge in [0.05, 0.1) is 0 Å². The van der Waals surface area contributed by atoms with Gasteiger partial charge >= 0.3 is 0 Å². The van der Waals surface area contributed by atoms with E-state index in [9.17, 15) is 0 Å². The first kappa shape index (κ1) is 32.2. The van der Waals surface area contributed by atoms with Crippen LogP contribution < -0.4 is 4.90 Å². The molecule has 0 unspecified atom stereocenters. The van der Waals surface area contributed by atoms with E-state index in [1.165, 1.54) is 93.5 Å². The summed E-state index contributed by atoms with van der Waals surface area (Å²) >= 11 is 0. The van der Waals surface area contributed by atoms with Crippen LogP contribution in [0.1, 0.15) is 68.2 Å². The van der Waals surface area contributed by atoms with E-state index in [-0.39, 0.29) is 10.8 Å². The van der Waals surface area contributed by atoms with E-state index in [0.717, 1.165) is 45.8 Å². The fourth-order valence-electron chi connectivity index (χ4n) is 13.3. The number of hydrogen-bond acceptors (Lipinski definition) is 2. The minimum atomic E-state index is -0.0865. The molecule has 2 heteroatoms. The molecule has 7 aromatic carbocycles. The van der Waals surface area contributed by atoms with Crippen LogP contribution in [0, 0.1) is 23.7 Å². The number of para-hydroxylation sites is 1. The number of fused-ring (bicyclic) bond motifs is 9. The topological polar surface area (TPSA) is 16.4 Å². The van der Waals surface area contributed by atoms with Gasteiger partial charge in [-0.25, -0.2) is 0 Å². The average Bonchev–Trinajstić information content (AvgIpc) is 3.83. The number of benzene rings is 7. The van der Waals surface area contributed by atoms with E-state index in [1.807, 2.05) is 6.07 Å². The SMILES string of the molecule is CC1(C)c2ccccc2-c2ccc(N(c3ccc(-c4ccc5c(c4)oc4ccccc45)cc3)c3ccc4c(c3)C3(c5ccccc5-4)C4CC5CC(C4)CC3C5)cc21. The molecule has 0 aliphatic heterocycles. The van der Waals surface area contributed by atoms with E-state index in [4.69, 9.17) is 4.42 Å². The predicted octanol–water partition coefficient (Wildman–Crippen LogP) is 14.8. The molecule has 4 saturated carbocycles. The lowest BCUT2D eigenvalue weighted by atomic mass is 9.43. The fourth-order valence-corrected chi connectivity index (χ4v) is 13.3. The Morgan fingerprint density at radius 3 is 1.72 bits per heavy atom. The van der Waals surface area contributed by atoms with E-state index < -0.39 is 0 Å². The molecule has 1 spiro atoms. The Bertz CT molecular complexity index is 2930. The lowest BCUT2D eigenvalue weighted by molar-refractivity contribution is -0.0399. The molecule has 6 aliphatic carbocycles. The third-order valence-electron chi connectivity index (χ3n) is 15.5. The van der Waals surface area contributed by atoms with Gasteiger partial charge in [0.25, 0.3) is 0 Å². The van der Waals surface area contributed by atoms with E-state index >= 15 is 0 Å². The third kappa shape index (κ3) is 4.31. The highest BCUT2D eigenvalue weighted by molar-refractivity contribution is 6.06. The molecule has 276 valence electrons. The van der Waals surface area contributed by atoms with Gasteiger partial charge in [0, 0.05) is 38.7 Å². The monoisotopic (exact) mass is 735 g/mol. The summed E-state index contributed by atoms with van der Waals surface area (Å²) < 4.78 is 6.30. The Balaban J connectivity index is 0.975. The van der Waals surface area contributed by atoms with Crippen LogP contribution in [0.5, 0.6) is 0 Å². The van der Waals surface area contributed by atoms with Crippen molar-refractivity contribution >= 4 is 39.0 Å². The van der Waals surface area contributed by atoms with Gasteiger partial charge in [-0.05, 0) is 166 Å².